The minimum Gasteiger partial charge on any atom is -0.402 e. The molecular formula is C16H8BrF2NO2. The van der Waals surface area contributed by atoms with Gasteiger partial charge in [0.2, 0.25) is 5.90 Å². The van der Waals surface area contributed by atoms with Crippen molar-refractivity contribution in [1.29, 1.82) is 0 Å². The number of nitrogens with zero attached hydrogens (tertiary/aromatic N) is 1. The number of aliphatic imine (C=N–C) groups is 1. The normalized spacial score (nSPS) is 15.9. The SMILES string of the molecule is O=C1OC(c2cccc(F)c2)=N/C1=C\c1cc(Br)ccc1F. The first kappa shape index (κ1) is 14.6. The summed E-state index contributed by atoms with van der Waals surface area (Å²) in [5.41, 5.74) is 0.494. The van der Waals surface area contributed by atoms with Crippen LogP contribution in [0.3, 0.4) is 0 Å². The number of hydrogen-bond donors (Lipinski definition) is 0. The molecule has 0 bridgehead atoms. The smallest absolute Gasteiger partial charge is 0.363 e. The van der Waals surface area contributed by atoms with Crippen LogP contribution in [0.25, 0.3) is 6.08 Å². The lowest BCUT2D eigenvalue weighted by Gasteiger charge is -1.98. The molecule has 3 nitrogen and oxygen atoms in total. The molecular weight excluding hydrogens is 356 g/mol. The number of hydrogen-bond acceptors (Lipinski definition) is 3. The monoisotopic (exact) mass is 363 g/mol. The summed E-state index contributed by atoms with van der Waals surface area (Å²) in [4.78, 5) is 15.8. The van der Waals surface area contributed by atoms with Gasteiger partial charge in [0.15, 0.2) is 5.70 Å². The average Bonchev–Trinajstić information content (AvgIpc) is 2.84. The topological polar surface area (TPSA) is 38.7 Å². The van der Waals surface area contributed by atoms with E-state index in [1.165, 1.54) is 36.4 Å². The van der Waals surface area contributed by atoms with E-state index in [4.69, 9.17) is 4.74 Å². The standard InChI is InChI=1S/C16H8BrF2NO2/c17-11-4-5-13(19)10(6-11)8-14-16(21)22-15(20-14)9-2-1-3-12(18)7-9/h1-8H/b14-8-. The number of esters is 1. The van der Waals surface area contributed by atoms with E-state index in [9.17, 15) is 13.6 Å². The molecule has 0 spiro atoms. The zero-order chi connectivity index (χ0) is 15.7. The van der Waals surface area contributed by atoms with E-state index < -0.39 is 17.6 Å². The highest BCUT2D eigenvalue weighted by Gasteiger charge is 2.24. The maximum Gasteiger partial charge on any atom is 0.363 e. The van der Waals surface area contributed by atoms with Crippen molar-refractivity contribution in [2.45, 2.75) is 0 Å². The van der Waals surface area contributed by atoms with Crippen molar-refractivity contribution >= 4 is 33.9 Å². The van der Waals surface area contributed by atoms with Crippen LogP contribution in [-0.4, -0.2) is 11.9 Å². The molecule has 0 amide bonds. The van der Waals surface area contributed by atoms with Gasteiger partial charge in [0.1, 0.15) is 11.6 Å². The Hall–Kier alpha value is -2.34. The maximum absolute atomic E-state index is 13.7. The molecule has 0 saturated carbocycles. The molecule has 22 heavy (non-hydrogen) atoms. The van der Waals surface area contributed by atoms with Gasteiger partial charge in [-0.3, -0.25) is 0 Å². The Bertz CT molecular complexity index is 831. The third-order valence-corrected chi connectivity index (χ3v) is 3.44. The molecule has 6 heteroatoms. The van der Waals surface area contributed by atoms with Gasteiger partial charge in [0.25, 0.3) is 0 Å². The summed E-state index contributed by atoms with van der Waals surface area (Å²) in [6, 6.07) is 9.86. The van der Waals surface area contributed by atoms with E-state index in [1.807, 2.05) is 0 Å². The average molecular weight is 364 g/mol. The first-order chi connectivity index (χ1) is 10.5. The van der Waals surface area contributed by atoms with E-state index in [1.54, 1.807) is 12.1 Å². The third-order valence-electron chi connectivity index (χ3n) is 2.94. The number of rotatable bonds is 2. The highest BCUT2D eigenvalue weighted by molar-refractivity contribution is 9.10. The molecule has 0 N–H and O–H groups in total. The summed E-state index contributed by atoms with van der Waals surface area (Å²) in [6.07, 6.45) is 1.29. The number of carbonyl (C=O) groups excluding carboxylic acids is 1. The predicted octanol–water partition coefficient (Wildman–Crippen LogP) is 4.07. The van der Waals surface area contributed by atoms with Crippen LogP contribution in [0.2, 0.25) is 0 Å². The second-order valence-corrected chi connectivity index (χ2v) is 5.43. The molecule has 0 unspecified atom stereocenters. The maximum atomic E-state index is 13.7. The quantitative estimate of drug-likeness (QED) is 0.595. The molecule has 1 aliphatic heterocycles. The zero-order valence-corrected chi connectivity index (χ0v) is 12.6. The Labute approximate surface area is 133 Å². The highest BCUT2D eigenvalue weighted by Crippen LogP contribution is 2.22. The molecule has 1 heterocycles. The van der Waals surface area contributed by atoms with Crippen LogP contribution in [0.4, 0.5) is 8.78 Å². The van der Waals surface area contributed by atoms with Crippen LogP contribution in [0.15, 0.2) is 57.6 Å². The molecule has 1 aliphatic rings. The van der Waals surface area contributed by atoms with Crippen LogP contribution in [0.5, 0.6) is 0 Å². The molecule has 0 aromatic heterocycles. The summed E-state index contributed by atoms with van der Waals surface area (Å²) >= 11 is 3.23. The first-order valence-corrected chi connectivity index (χ1v) is 7.06. The first-order valence-electron chi connectivity index (χ1n) is 6.26. The van der Waals surface area contributed by atoms with Crippen molar-refractivity contribution in [1.82, 2.24) is 0 Å². The van der Waals surface area contributed by atoms with Crippen molar-refractivity contribution < 1.29 is 18.3 Å². The van der Waals surface area contributed by atoms with Gasteiger partial charge in [-0.05, 0) is 42.5 Å². The summed E-state index contributed by atoms with van der Waals surface area (Å²) in [5, 5.41) is 0. The molecule has 0 saturated heterocycles. The number of carbonyl (C=O) groups is 1. The van der Waals surface area contributed by atoms with Crippen molar-refractivity contribution in [3.8, 4) is 0 Å². The lowest BCUT2D eigenvalue weighted by atomic mass is 10.2. The van der Waals surface area contributed by atoms with Gasteiger partial charge in [0, 0.05) is 15.6 Å². The Morgan fingerprint density at radius 3 is 2.73 bits per heavy atom. The Morgan fingerprint density at radius 1 is 1.14 bits per heavy atom. The molecule has 0 atom stereocenters. The number of halogens is 3. The lowest BCUT2D eigenvalue weighted by molar-refractivity contribution is -0.129. The van der Waals surface area contributed by atoms with Crippen LogP contribution < -0.4 is 0 Å². The zero-order valence-electron chi connectivity index (χ0n) is 11.0. The van der Waals surface area contributed by atoms with Gasteiger partial charge in [-0.1, -0.05) is 22.0 Å². The van der Waals surface area contributed by atoms with Crippen LogP contribution in [0.1, 0.15) is 11.1 Å². The second-order valence-electron chi connectivity index (χ2n) is 4.51. The molecule has 0 radical (unpaired) electrons. The minimum atomic E-state index is -0.710. The van der Waals surface area contributed by atoms with Gasteiger partial charge in [-0.25, -0.2) is 18.6 Å². The van der Waals surface area contributed by atoms with Gasteiger partial charge < -0.3 is 4.74 Å². The molecule has 2 aromatic carbocycles. The Balaban J connectivity index is 1.99. The summed E-state index contributed by atoms with van der Waals surface area (Å²) in [6.45, 7) is 0. The third kappa shape index (κ3) is 2.96. The van der Waals surface area contributed by atoms with E-state index >= 15 is 0 Å². The minimum absolute atomic E-state index is 0.00819. The summed E-state index contributed by atoms with van der Waals surface area (Å²) in [5.74, 6) is -1.67. The fourth-order valence-electron chi connectivity index (χ4n) is 1.93. The fraction of sp³-hybridized carbons (Fsp3) is 0. The van der Waals surface area contributed by atoms with Crippen molar-refractivity contribution in [2.24, 2.45) is 4.99 Å². The van der Waals surface area contributed by atoms with Gasteiger partial charge in [-0.15, -0.1) is 0 Å². The lowest BCUT2D eigenvalue weighted by Crippen LogP contribution is -2.05. The predicted molar refractivity (Wildman–Crippen MR) is 81.1 cm³/mol. The van der Waals surface area contributed by atoms with Crippen LogP contribution >= 0.6 is 15.9 Å². The van der Waals surface area contributed by atoms with E-state index in [0.29, 0.717) is 10.0 Å². The molecule has 0 aliphatic carbocycles. The molecule has 2 aromatic rings. The van der Waals surface area contributed by atoms with E-state index in [2.05, 4.69) is 20.9 Å². The fourth-order valence-corrected chi connectivity index (χ4v) is 2.31. The molecule has 0 fully saturated rings. The molecule has 3 rings (SSSR count). The van der Waals surface area contributed by atoms with Gasteiger partial charge in [0.05, 0.1) is 0 Å². The van der Waals surface area contributed by atoms with Gasteiger partial charge in [-0.2, -0.15) is 0 Å². The Kier molecular flexibility index (Phi) is 3.85. The second kappa shape index (κ2) is 5.81. The number of benzene rings is 2. The van der Waals surface area contributed by atoms with Crippen LogP contribution in [-0.2, 0) is 9.53 Å². The number of ether oxygens (including phenoxy) is 1. The van der Waals surface area contributed by atoms with Gasteiger partial charge >= 0.3 is 5.97 Å². The summed E-state index contributed by atoms with van der Waals surface area (Å²) < 4.78 is 32.6. The highest BCUT2D eigenvalue weighted by atomic mass is 79.9. The van der Waals surface area contributed by atoms with Crippen LogP contribution in [0, 0.1) is 11.6 Å². The van der Waals surface area contributed by atoms with Crippen molar-refractivity contribution in [3.63, 3.8) is 0 Å². The molecule has 110 valence electrons. The summed E-state index contributed by atoms with van der Waals surface area (Å²) in [7, 11) is 0. The van der Waals surface area contributed by atoms with E-state index in [0.717, 1.165) is 0 Å². The Morgan fingerprint density at radius 2 is 1.95 bits per heavy atom. The van der Waals surface area contributed by atoms with Crippen molar-refractivity contribution in [3.05, 3.63) is 75.4 Å². The van der Waals surface area contributed by atoms with E-state index in [-0.39, 0.29) is 17.2 Å². The largest absolute Gasteiger partial charge is 0.402 e. The number of cyclic esters (lactones) is 1. The van der Waals surface area contributed by atoms with Crippen molar-refractivity contribution in [2.75, 3.05) is 0 Å².